The topological polar surface area (TPSA) is 60.9 Å². The van der Waals surface area contributed by atoms with Gasteiger partial charge in [-0.2, -0.15) is 0 Å². The molecule has 0 atom stereocenters. The van der Waals surface area contributed by atoms with Gasteiger partial charge in [0.05, 0.1) is 6.20 Å². The minimum atomic E-state index is -0.234. The van der Waals surface area contributed by atoms with Crippen LogP contribution in [0.15, 0.2) is 42.7 Å². The van der Waals surface area contributed by atoms with Crippen molar-refractivity contribution in [1.82, 2.24) is 9.88 Å². The minimum Gasteiger partial charge on any atom is -0.489 e. The number of carbonyl (C=O) groups is 1. The number of carbonyl (C=O) groups excluding carboxylic acids is 1. The van der Waals surface area contributed by atoms with Gasteiger partial charge in [0.15, 0.2) is 18.1 Å². The Labute approximate surface area is 165 Å². The van der Waals surface area contributed by atoms with Crippen molar-refractivity contribution in [3.8, 4) is 17.2 Å². The molecule has 2 aromatic rings. The molecule has 0 aliphatic carbocycles. The Morgan fingerprint density at radius 2 is 2.07 bits per heavy atom. The van der Waals surface area contributed by atoms with Crippen molar-refractivity contribution in [3.63, 3.8) is 0 Å². The number of amides is 1. The molecule has 0 bridgehead atoms. The number of fused-ring (bicyclic) bond motifs is 1. The van der Waals surface area contributed by atoms with Crippen LogP contribution in [-0.2, 0) is 11.2 Å². The number of rotatable bonds is 5. The first-order valence-electron chi connectivity index (χ1n) is 9.78. The molecule has 0 saturated carbocycles. The number of nitrogens with zero attached hydrogens (tertiary/aromatic N) is 2. The van der Waals surface area contributed by atoms with Gasteiger partial charge in [-0.1, -0.05) is 12.1 Å². The molecule has 0 spiro atoms. The number of aromatic nitrogens is 1. The third-order valence-corrected chi connectivity index (χ3v) is 5.14. The van der Waals surface area contributed by atoms with Gasteiger partial charge in [-0.05, 0) is 32.0 Å². The van der Waals surface area contributed by atoms with Gasteiger partial charge in [-0.25, -0.2) is 0 Å². The molecule has 0 N–H and O–H groups in total. The number of piperidine rings is 1. The summed E-state index contributed by atoms with van der Waals surface area (Å²) in [6.07, 6.45) is 6.01. The second-order valence-electron chi connectivity index (χ2n) is 7.96. The van der Waals surface area contributed by atoms with Gasteiger partial charge in [0.1, 0.15) is 17.5 Å². The van der Waals surface area contributed by atoms with E-state index in [1.54, 1.807) is 12.4 Å². The Hall–Kier alpha value is -2.76. The maximum atomic E-state index is 12.6. The molecule has 6 nitrogen and oxygen atoms in total. The maximum Gasteiger partial charge on any atom is 0.260 e. The van der Waals surface area contributed by atoms with Crippen molar-refractivity contribution in [2.24, 2.45) is 0 Å². The number of benzene rings is 1. The molecule has 148 valence electrons. The average molecular weight is 382 g/mol. The van der Waals surface area contributed by atoms with Gasteiger partial charge in [-0.15, -0.1) is 0 Å². The number of likely N-dealkylation sites (tertiary alicyclic amines) is 1. The van der Waals surface area contributed by atoms with E-state index in [2.05, 4.69) is 18.8 Å². The zero-order valence-corrected chi connectivity index (χ0v) is 16.4. The highest BCUT2D eigenvalue weighted by molar-refractivity contribution is 5.78. The average Bonchev–Trinajstić information content (AvgIpc) is 3.02. The zero-order chi connectivity index (χ0) is 19.6. The van der Waals surface area contributed by atoms with E-state index >= 15 is 0 Å². The zero-order valence-electron chi connectivity index (χ0n) is 16.4. The van der Waals surface area contributed by atoms with E-state index in [0.29, 0.717) is 18.8 Å². The number of ether oxygens (including phenoxy) is 3. The fourth-order valence-corrected chi connectivity index (χ4v) is 3.76. The lowest BCUT2D eigenvalue weighted by atomic mass is 10.0. The highest BCUT2D eigenvalue weighted by atomic mass is 16.5. The molecule has 1 fully saturated rings. The molecule has 1 aromatic heterocycles. The van der Waals surface area contributed by atoms with Crippen LogP contribution in [0.1, 0.15) is 32.3 Å². The summed E-state index contributed by atoms with van der Waals surface area (Å²) in [6.45, 7) is 5.47. The van der Waals surface area contributed by atoms with Crippen LogP contribution in [0, 0.1) is 0 Å². The summed E-state index contributed by atoms with van der Waals surface area (Å²) in [7, 11) is 0. The van der Waals surface area contributed by atoms with Crippen LogP contribution < -0.4 is 14.2 Å². The first-order chi connectivity index (χ1) is 13.5. The van der Waals surface area contributed by atoms with Crippen LogP contribution in [0.25, 0.3) is 0 Å². The van der Waals surface area contributed by atoms with Crippen molar-refractivity contribution in [3.05, 3.63) is 48.3 Å². The molecule has 2 aliphatic rings. The fraction of sp³-hybridized carbons (Fsp3) is 0.455. The quantitative estimate of drug-likeness (QED) is 0.794. The maximum absolute atomic E-state index is 12.6. The fourth-order valence-electron chi connectivity index (χ4n) is 3.76. The molecule has 6 heteroatoms. The van der Waals surface area contributed by atoms with E-state index in [1.165, 1.54) is 0 Å². The lowest BCUT2D eigenvalue weighted by Crippen LogP contribution is -2.43. The molecule has 1 amide bonds. The van der Waals surface area contributed by atoms with Crippen LogP contribution >= 0.6 is 0 Å². The van der Waals surface area contributed by atoms with Crippen molar-refractivity contribution >= 4 is 5.91 Å². The summed E-state index contributed by atoms with van der Waals surface area (Å²) in [5.41, 5.74) is 0.894. The molecular weight excluding hydrogens is 356 g/mol. The minimum absolute atomic E-state index is 0.00492. The largest absolute Gasteiger partial charge is 0.489 e. The molecule has 0 radical (unpaired) electrons. The number of para-hydroxylation sites is 1. The molecule has 3 heterocycles. The first-order valence-corrected chi connectivity index (χ1v) is 9.78. The van der Waals surface area contributed by atoms with E-state index in [9.17, 15) is 4.79 Å². The Morgan fingerprint density at radius 1 is 1.25 bits per heavy atom. The highest BCUT2D eigenvalue weighted by Gasteiger charge is 2.32. The molecule has 1 aromatic carbocycles. The standard InChI is InChI=1S/C22H26N2O4/c1-22(2)13-16-5-3-7-19(21(16)28-22)26-15-20(25)24-11-8-17(9-12-24)27-18-6-4-10-23-14-18/h3-7,10,14,17H,8-9,11-13,15H2,1-2H3. The van der Waals surface area contributed by atoms with Crippen LogP contribution in [0.4, 0.5) is 0 Å². The Balaban J connectivity index is 1.28. The predicted molar refractivity (Wildman–Crippen MR) is 105 cm³/mol. The van der Waals surface area contributed by atoms with Gasteiger partial charge >= 0.3 is 0 Å². The Kier molecular flexibility index (Phi) is 5.11. The van der Waals surface area contributed by atoms with Crippen LogP contribution in [-0.4, -0.2) is 47.2 Å². The van der Waals surface area contributed by atoms with Gasteiger partial charge in [0, 0.05) is 44.1 Å². The molecule has 28 heavy (non-hydrogen) atoms. The van der Waals surface area contributed by atoms with Crippen LogP contribution in [0.5, 0.6) is 17.2 Å². The Bertz CT molecular complexity index is 830. The van der Waals surface area contributed by atoms with E-state index in [4.69, 9.17) is 14.2 Å². The monoisotopic (exact) mass is 382 g/mol. The van der Waals surface area contributed by atoms with Gasteiger partial charge in [-0.3, -0.25) is 9.78 Å². The summed E-state index contributed by atoms with van der Waals surface area (Å²) in [5, 5.41) is 0. The Morgan fingerprint density at radius 3 is 2.82 bits per heavy atom. The van der Waals surface area contributed by atoms with Crippen LogP contribution in [0.3, 0.4) is 0 Å². The number of hydrogen-bond donors (Lipinski definition) is 0. The van der Waals surface area contributed by atoms with Crippen molar-refractivity contribution in [2.45, 2.75) is 44.8 Å². The number of pyridine rings is 1. The summed E-state index contributed by atoms with van der Waals surface area (Å²) < 4.78 is 17.8. The lowest BCUT2D eigenvalue weighted by Gasteiger charge is -2.32. The molecular formula is C22H26N2O4. The summed E-state index contributed by atoms with van der Waals surface area (Å²) >= 11 is 0. The van der Waals surface area contributed by atoms with E-state index in [0.717, 1.165) is 36.3 Å². The third-order valence-electron chi connectivity index (χ3n) is 5.14. The predicted octanol–water partition coefficient (Wildman–Crippen LogP) is 3.24. The van der Waals surface area contributed by atoms with Crippen LogP contribution in [0.2, 0.25) is 0 Å². The summed E-state index contributed by atoms with van der Waals surface area (Å²) in [6, 6.07) is 9.62. The van der Waals surface area contributed by atoms with Crippen molar-refractivity contribution in [2.75, 3.05) is 19.7 Å². The van der Waals surface area contributed by atoms with E-state index in [1.807, 2.05) is 35.2 Å². The highest BCUT2D eigenvalue weighted by Crippen LogP contribution is 2.41. The molecule has 4 rings (SSSR count). The van der Waals surface area contributed by atoms with Gasteiger partial charge in [0.25, 0.3) is 5.91 Å². The van der Waals surface area contributed by atoms with E-state index < -0.39 is 0 Å². The molecule has 0 unspecified atom stereocenters. The van der Waals surface area contributed by atoms with Gasteiger partial charge in [0.2, 0.25) is 0 Å². The van der Waals surface area contributed by atoms with Crippen molar-refractivity contribution < 1.29 is 19.0 Å². The number of hydrogen-bond acceptors (Lipinski definition) is 5. The van der Waals surface area contributed by atoms with Gasteiger partial charge < -0.3 is 19.1 Å². The summed E-state index contributed by atoms with van der Waals surface area (Å²) in [4.78, 5) is 18.5. The summed E-state index contributed by atoms with van der Waals surface area (Å²) in [5.74, 6) is 2.18. The van der Waals surface area contributed by atoms with E-state index in [-0.39, 0.29) is 24.2 Å². The third kappa shape index (κ3) is 4.21. The SMILES string of the molecule is CC1(C)Cc2cccc(OCC(=O)N3CCC(Oc4cccnc4)CC3)c2O1. The van der Waals surface area contributed by atoms with Crippen molar-refractivity contribution in [1.29, 1.82) is 0 Å². The molecule has 1 saturated heterocycles. The molecule has 2 aliphatic heterocycles. The first kappa shape index (κ1) is 18.6. The lowest BCUT2D eigenvalue weighted by molar-refractivity contribution is -0.135. The normalized spacial score (nSPS) is 18.3. The smallest absolute Gasteiger partial charge is 0.260 e. The second-order valence-corrected chi connectivity index (χ2v) is 7.96. The second kappa shape index (κ2) is 7.70.